The van der Waals surface area contributed by atoms with Crippen molar-refractivity contribution in [3.63, 3.8) is 0 Å². The molecule has 132 valence electrons. The van der Waals surface area contributed by atoms with Gasteiger partial charge in [-0.15, -0.1) is 0 Å². The maximum absolute atomic E-state index is 5.92. The van der Waals surface area contributed by atoms with Crippen LogP contribution in [0, 0.1) is 5.92 Å². The normalized spacial score (nSPS) is 11.3. The lowest BCUT2D eigenvalue weighted by Gasteiger charge is -2.12. The Balaban J connectivity index is 1.91. The molecule has 0 aliphatic heterocycles. The molecule has 0 bridgehead atoms. The van der Waals surface area contributed by atoms with Crippen molar-refractivity contribution < 1.29 is 0 Å². The number of halogens is 1. The van der Waals surface area contributed by atoms with Crippen LogP contribution in [-0.2, 0) is 0 Å². The second-order valence-corrected chi connectivity index (χ2v) is 6.75. The Morgan fingerprint density at radius 3 is 2.16 bits per heavy atom. The summed E-state index contributed by atoms with van der Waals surface area (Å²) in [6.45, 7) is 5.10. The maximum Gasteiger partial charge on any atom is 0.198 e. The van der Waals surface area contributed by atoms with Crippen LogP contribution in [0.2, 0.25) is 5.02 Å². The molecule has 5 nitrogen and oxygen atoms in total. The van der Waals surface area contributed by atoms with Crippen molar-refractivity contribution in [1.29, 1.82) is 0 Å². The van der Waals surface area contributed by atoms with Crippen molar-refractivity contribution in [2.45, 2.75) is 13.8 Å². The van der Waals surface area contributed by atoms with Gasteiger partial charge in [0.1, 0.15) is 0 Å². The molecule has 0 amide bonds. The number of nitrogens with zero attached hydrogens (tertiary/aromatic N) is 1. The highest BCUT2D eigenvalue weighted by atomic mass is 35.5. The molecule has 0 aromatic heterocycles. The molecule has 2 aromatic carbocycles. The fourth-order valence-electron chi connectivity index (χ4n) is 1.94. The Morgan fingerprint density at radius 1 is 1.04 bits per heavy atom. The van der Waals surface area contributed by atoms with Gasteiger partial charge in [0.25, 0.3) is 0 Å². The third-order valence-corrected chi connectivity index (χ3v) is 3.66. The van der Waals surface area contributed by atoms with Gasteiger partial charge in [-0.3, -0.25) is 0 Å². The number of thiocarbonyl (C=S) groups is 1. The van der Waals surface area contributed by atoms with E-state index in [2.05, 4.69) is 34.8 Å². The second-order valence-electron chi connectivity index (χ2n) is 5.90. The number of benzene rings is 2. The van der Waals surface area contributed by atoms with Crippen LogP contribution in [0.15, 0.2) is 53.5 Å². The van der Waals surface area contributed by atoms with Gasteiger partial charge in [-0.25, -0.2) is 4.99 Å². The fourth-order valence-corrected chi connectivity index (χ4v) is 2.27. The van der Waals surface area contributed by atoms with E-state index in [0.717, 1.165) is 23.6 Å². The molecule has 5 N–H and O–H groups in total. The van der Waals surface area contributed by atoms with Crippen LogP contribution < -0.4 is 21.7 Å². The van der Waals surface area contributed by atoms with E-state index in [-0.39, 0.29) is 0 Å². The number of nitrogens with one attached hydrogen (secondary N) is 3. The summed E-state index contributed by atoms with van der Waals surface area (Å²) in [6, 6.07) is 14.8. The summed E-state index contributed by atoms with van der Waals surface area (Å²) in [4.78, 5) is 4.29. The Morgan fingerprint density at radius 2 is 1.60 bits per heavy atom. The van der Waals surface area contributed by atoms with E-state index in [1.54, 1.807) is 24.3 Å². The van der Waals surface area contributed by atoms with Gasteiger partial charge in [0.15, 0.2) is 11.1 Å². The summed E-state index contributed by atoms with van der Waals surface area (Å²) in [5.74, 6) is 0.839. The maximum atomic E-state index is 5.92. The number of hydrogen-bond acceptors (Lipinski definition) is 2. The van der Waals surface area contributed by atoms with E-state index in [0.29, 0.717) is 22.0 Å². The molecule has 0 aliphatic carbocycles. The molecule has 0 heterocycles. The standard InChI is InChI=1S/C18H22ClN5S/c1-12(2)11-21-18(25)24-16-9-7-15(8-10-16)23-17(20)22-14-5-3-13(19)4-6-14/h3-10,12H,11H2,1-2H3,(H3,20,22,23)(H2,21,24,25). The van der Waals surface area contributed by atoms with E-state index in [4.69, 9.17) is 29.6 Å². The lowest BCUT2D eigenvalue weighted by Crippen LogP contribution is -2.31. The Labute approximate surface area is 158 Å². The first kappa shape index (κ1) is 19.0. The highest BCUT2D eigenvalue weighted by molar-refractivity contribution is 7.80. The van der Waals surface area contributed by atoms with Crippen LogP contribution in [0.3, 0.4) is 0 Å². The average Bonchev–Trinajstić information content (AvgIpc) is 2.57. The first-order chi connectivity index (χ1) is 11.9. The SMILES string of the molecule is CC(C)CNC(=S)Nc1ccc(NC(N)=Nc2ccc(Cl)cc2)cc1. The zero-order chi connectivity index (χ0) is 18.2. The van der Waals surface area contributed by atoms with Crippen molar-refractivity contribution >= 4 is 52.0 Å². The number of guanidine groups is 1. The molecule has 25 heavy (non-hydrogen) atoms. The van der Waals surface area contributed by atoms with Crippen LogP contribution in [0.4, 0.5) is 17.1 Å². The molecule has 7 heteroatoms. The highest BCUT2D eigenvalue weighted by Gasteiger charge is 2.01. The lowest BCUT2D eigenvalue weighted by atomic mass is 10.2. The van der Waals surface area contributed by atoms with Gasteiger partial charge < -0.3 is 21.7 Å². The van der Waals surface area contributed by atoms with Gasteiger partial charge in [0, 0.05) is 22.9 Å². The molecule has 0 atom stereocenters. The third kappa shape index (κ3) is 6.99. The molecule has 0 fully saturated rings. The van der Waals surface area contributed by atoms with Crippen molar-refractivity contribution in [2.75, 3.05) is 17.2 Å². The van der Waals surface area contributed by atoms with Gasteiger partial charge in [-0.05, 0) is 66.7 Å². The van der Waals surface area contributed by atoms with Gasteiger partial charge in [-0.2, -0.15) is 0 Å². The van der Waals surface area contributed by atoms with E-state index < -0.39 is 0 Å². The zero-order valence-electron chi connectivity index (χ0n) is 14.2. The summed E-state index contributed by atoms with van der Waals surface area (Å²) in [5, 5.41) is 10.6. The van der Waals surface area contributed by atoms with Gasteiger partial charge in [0.2, 0.25) is 0 Å². The Hall–Kier alpha value is -2.31. The molecule has 0 radical (unpaired) electrons. The predicted molar refractivity (Wildman–Crippen MR) is 112 cm³/mol. The molecule has 2 aromatic rings. The van der Waals surface area contributed by atoms with Crippen molar-refractivity contribution in [1.82, 2.24) is 5.32 Å². The molecule has 0 saturated heterocycles. The molecule has 0 saturated carbocycles. The van der Waals surface area contributed by atoms with E-state index in [1.165, 1.54) is 0 Å². The molecule has 0 aliphatic rings. The molecular formula is C18H22ClN5S. The van der Waals surface area contributed by atoms with Gasteiger partial charge in [-0.1, -0.05) is 25.4 Å². The van der Waals surface area contributed by atoms with E-state index in [1.807, 2.05) is 24.3 Å². The summed E-state index contributed by atoms with van der Waals surface area (Å²) >= 11 is 11.1. The Kier molecular flexibility index (Phi) is 7.03. The van der Waals surface area contributed by atoms with Gasteiger partial charge in [0.05, 0.1) is 5.69 Å². The number of rotatable bonds is 5. The van der Waals surface area contributed by atoms with Crippen molar-refractivity contribution in [2.24, 2.45) is 16.6 Å². The largest absolute Gasteiger partial charge is 0.369 e. The quantitative estimate of drug-likeness (QED) is 0.355. The number of aliphatic imine (C=N–C) groups is 1. The summed E-state index contributed by atoms with van der Waals surface area (Å²) < 4.78 is 0. The minimum atomic E-state index is 0.303. The molecule has 0 unspecified atom stereocenters. The zero-order valence-corrected chi connectivity index (χ0v) is 15.8. The van der Waals surface area contributed by atoms with Crippen LogP contribution >= 0.6 is 23.8 Å². The van der Waals surface area contributed by atoms with Crippen LogP contribution in [0.25, 0.3) is 0 Å². The average molecular weight is 376 g/mol. The number of hydrogen-bond donors (Lipinski definition) is 4. The monoisotopic (exact) mass is 375 g/mol. The Bertz CT molecular complexity index is 726. The molecule has 0 spiro atoms. The minimum absolute atomic E-state index is 0.303. The van der Waals surface area contributed by atoms with E-state index >= 15 is 0 Å². The number of nitrogens with two attached hydrogens (primary N) is 1. The molecular weight excluding hydrogens is 354 g/mol. The fraction of sp³-hybridized carbons (Fsp3) is 0.222. The predicted octanol–water partition coefficient (Wildman–Crippen LogP) is 4.34. The number of anilines is 2. The first-order valence-electron chi connectivity index (χ1n) is 7.94. The van der Waals surface area contributed by atoms with Crippen LogP contribution in [-0.4, -0.2) is 17.6 Å². The van der Waals surface area contributed by atoms with Crippen LogP contribution in [0.5, 0.6) is 0 Å². The lowest BCUT2D eigenvalue weighted by molar-refractivity contribution is 0.627. The summed E-state index contributed by atoms with van der Waals surface area (Å²) in [6.07, 6.45) is 0. The summed E-state index contributed by atoms with van der Waals surface area (Å²) in [5.41, 5.74) is 8.39. The van der Waals surface area contributed by atoms with E-state index in [9.17, 15) is 0 Å². The first-order valence-corrected chi connectivity index (χ1v) is 8.72. The van der Waals surface area contributed by atoms with Crippen molar-refractivity contribution in [3.8, 4) is 0 Å². The van der Waals surface area contributed by atoms with Crippen molar-refractivity contribution in [3.05, 3.63) is 53.6 Å². The smallest absolute Gasteiger partial charge is 0.198 e. The molecule has 2 rings (SSSR count). The van der Waals surface area contributed by atoms with Crippen LogP contribution in [0.1, 0.15) is 13.8 Å². The van der Waals surface area contributed by atoms with Gasteiger partial charge >= 0.3 is 0 Å². The minimum Gasteiger partial charge on any atom is -0.369 e. The summed E-state index contributed by atoms with van der Waals surface area (Å²) in [7, 11) is 0. The highest BCUT2D eigenvalue weighted by Crippen LogP contribution is 2.17. The third-order valence-electron chi connectivity index (χ3n) is 3.16. The topological polar surface area (TPSA) is 74.5 Å². The second kappa shape index (κ2) is 9.25.